The van der Waals surface area contributed by atoms with Gasteiger partial charge in [-0.3, -0.25) is 0 Å². The first kappa shape index (κ1) is 13.5. The highest BCUT2D eigenvalue weighted by molar-refractivity contribution is 9.09. The van der Waals surface area contributed by atoms with Crippen molar-refractivity contribution in [1.82, 2.24) is 4.90 Å². The molecule has 90 valence electrons. The molecular weight excluding hydrogens is 250 g/mol. The molecule has 0 atom stereocenters. The van der Waals surface area contributed by atoms with Crippen LogP contribution in [0, 0.1) is 5.41 Å². The van der Waals surface area contributed by atoms with Gasteiger partial charge in [-0.25, -0.2) is 0 Å². The van der Waals surface area contributed by atoms with Crippen LogP contribution < -0.4 is 0 Å². The van der Waals surface area contributed by atoms with Gasteiger partial charge in [0.2, 0.25) is 0 Å². The van der Waals surface area contributed by atoms with Crippen molar-refractivity contribution in [2.75, 3.05) is 25.0 Å². The van der Waals surface area contributed by atoms with E-state index in [-0.39, 0.29) is 0 Å². The molecule has 15 heavy (non-hydrogen) atoms. The summed E-state index contributed by atoms with van der Waals surface area (Å²) >= 11 is 3.76. The fraction of sp³-hybridized carbons (Fsp3) is 1.00. The van der Waals surface area contributed by atoms with Gasteiger partial charge in [0.05, 0.1) is 0 Å². The SMILES string of the molecule is CCN(CC)CC1(CBr)CCCCCC1. The molecule has 0 unspecified atom stereocenters. The van der Waals surface area contributed by atoms with Crippen molar-refractivity contribution in [2.24, 2.45) is 5.41 Å². The Balaban J connectivity index is 2.56. The van der Waals surface area contributed by atoms with Gasteiger partial charge < -0.3 is 4.90 Å². The number of nitrogens with zero attached hydrogens (tertiary/aromatic N) is 1. The first-order valence-corrected chi connectivity index (χ1v) is 7.67. The molecule has 1 aliphatic carbocycles. The summed E-state index contributed by atoms with van der Waals surface area (Å²) in [6.45, 7) is 8.26. The molecule has 0 saturated heterocycles. The van der Waals surface area contributed by atoms with E-state index in [1.54, 1.807) is 0 Å². The normalized spacial score (nSPS) is 21.6. The van der Waals surface area contributed by atoms with Crippen LogP contribution in [-0.4, -0.2) is 29.9 Å². The summed E-state index contributed by atoms with van der Waals surface area (Å²) in [5.74, 6) is 0. The van der Waals surface area contributed by atoms with E-state index >= 15 is 0 Å². The van der Waals surface area contributed by atoms with E-state index in [0.29, 0.717) is 5.41 Å². The number of hydrogen-bond acceptors (Lipinski definition) is 1. The minimum atomic E-state index is 0.572. The Morgan fingerprint density at radius 1 is 1.00 bits per heavy atom. The molecule has 1 fully saturated rings. The second-order valence-electron chi connectivity index (χ2n) is 5.01. The van der Waals surface area contributed by atoms with Gasteiger partial charge in [-0.2, -0.15) is 0 Å². The zero-order valence-electron chi connectivity index (χ0n) is 10.4. The summed E-state index contributed by atoms with van der Waals surface area (Å²) in [6.07, 6.45) is 8.63. The summed E-state index contributed by atoms with van der Waals surface area (Å²) in [5.41, 5.74) is 0.572. The smallest absolute Gasteiger partial charge is 0.0100 e. The van der Waals surface area contributed by atoms with Gasteiger partial charge in [-0.05, 0) is 31.3 Å². The van der Waals surface area contributed by atoms with Crippen LogP contribution in [0.4, 0.5) is 0 Å². The Labute approximate surface area is 104 Å². The van der Waals surface area contributed by atoms with Gasteiger partial charge in [0, 0.05) is 11.9 Å². The van der Waals surface area contributed by atoms with Crippen molar-refractivity contribution in [1.29, 1.82) is 0 Å². The third-order valence-corrected chi connectivity index (χ3v) is 5.09. The molecule has 0 heterocycles. The Kier molecular flexibility index (Phi) is 6.21. The quantitative estimate of drug-likeness (QED) is 0.540. The molecule has 1 nitrogen and oxygen atoms in total. The van der Waals surface area contributed by atoms with Crippen LogP contribution in [0.2, 0.25) is 0 Å². The molecule has 1 saturated carbocycles. The van der Waals surface area contributed by atoms with Crippen LogP contribution >= 0.6 is 15.9 Å². The van der Waals surface area contributed by atoms with Crippen LogP contribution in [0.3, 0.4) is 0 Å². The highest BCUT2D eigenvalue weighted by Crippen LogP contribution is 2.37. The maximum Gasteiger partial charge on any atom is 0.0100 e. The van der Waals surface area contributed by atoms with Gasteiger partial charge in [0.25, 0.3) is 0 Å². The number of alkyl halides is 1. The first-order chi connectivity index (χ1) is 7.26. The molecule has 0 amide bonds. The lowest BCUT2D eigenvalue weighted by Crippen LogP contribution is -2.38. The standard InChI is InChI=1S/C13H26BrN/c1-3-15(4-2)12-13(11-14)9-7-5-6-8-10-13/h3-12H2,1-2H3. The fourth-order valence-electron chi connectivity index (χ4n) is 2.73. The Bertz CT molecular complexity index is 158. The minimum Gasteiger partial charge on any atom is -0.303 e. The van der Waals surface area contributed by atoms with Crippen molar-refractivity contribution in [3.05, 3.63) is 0 Å². The molecule has 0 aromatic heterocycles. The third kappa shape index (κ3) is 4.07. The number of rotatable bonds is 5. The minimum absolute atomic E-state index is 0.572. The summed E-state index contributed by atoms with van der Waals surface area (Å²) in [4.78, 5) is 2.59. The van der Waals surface area contributed by atoms with E-state index in [2.05, 4.69) is 34.7 Å². The van der Waals surface area contributed by atoms with Crippen molar-refractivity contribution in [2.45, 2.75) is 52.4 Å². The summed E-state index contributed by atoms with van der Waals surface area (Å²) in [7, 11) is 0. The number of hydrogen-bond donors (Lipinski definition) is 0. The van der Waals surface area contributed by atoms with E-state index in [1.165, 1.54) is 63.5 Å². The molecule has 1 aliphatic rings. The van der Waals surface area contributed by atoms with Crippen LogP contribution in [0.25, 0.3) is 0 Å². The topological polar surface area (TPSA) is 3.24 Å². The van der Waals surface area contributed by atoms with E-state index < -0.39 is 0 Å². The molecular formula is C13H26BrN. The molecule has 1 rings (SSSR count). The molecule has 0 spiro atoms. The van der Waals surface area contributed by atoms with Crippen molar-refractivity contribution in [3.8, 4) is 0 Å². The summed E-state index contributed by atoms with van der Waals surface area (Å²) in [6, 6.07) is 0. The van der Waals surface area contributed by atoms with E-state index in [0.717, 1.165) is 0 Å². The zero-order valence-corrected chi connectivity index (χ0v) is 12.0. The van der Waals surface area contributed by atoms with Crippen LogP contribution in [-0.2, 0) is 0 Å². The molecule has 0 N–H and O–H groups in total. The third-order valence-electron chi connectivity index (χ3n) is 3.90. The average Bonchev–Trinajstić information content (AvgIpc) is 2.52. The van der Waals surface area contributed by atoms with Crippen LogP contribution in [0.15, 0.2) is 0 Å². The maximum atomic E-state index is 3.76. The number of halogens is 1. The van der Waals surface area contributed by atoms with Gasteiger partial charge >= 0.3 is 0 Å². The maximum absolute atomic E-state index is 3.76. The highest BCUT2D eigenvalue weighted by Gasteiger charge is 2.31. The summed E-state index contributed by atoms with van der Waals surface area (Å²) in [5, 5.41) is 1.19. The molecule has 0 aromatic rings. The molecule has 0 aliphatic heterocycles. The predicted octanol–water partition coefficient (Wildman–Crippen LogP) is 4.06. The second kappa shape index (κ2) is 6.90. The lowest BCUT2D eigenvalue weighted by molar-refractivity contribution is 0.162. The largest absolute Gasteiger partial charge is 0.303 e. The Morgan fingerprint density at radius 3 is 1.93 bits per heavy atom. The van der Waals surface area contributed by atoms with Gasteiger partial charge in [-0.15, -0.1) is 0 Å². The van der Waals surface area contributed by atoms with E-state index in [9.17, 15) is 0 Å². The first-order valence-electron chi connectivity index (χ1n) is 6.54. The molecule has 0 bridgehead atoms. The predicted molar refractivity (Wildman–Crippen MR) is 71.7 cm³/mol. The lowest BCUT2D eigenvalue weighted by atomic mass is 9.82. The average molecular weight is 276 g/mol. The Hall–Kier alpha value is 0.440. The van der Waals surface area contributed by atoms with E-state index in [4.69, 9.17) is 0 Å². The van der Waals surface area contributed by atoms with Crippen LogP contribution in [0.1, 0.15) is 52.4 Å². The second-order valence-corrected chi connectivity index (χ2v) is 5.57. The lowest BCUT2D eigenvalue weighted by Gasteiger charge is -2.36. The van der Waals surface area contributed by atoms with Gasteiger partial charge in [0.1, 0.15) is 0 Å². The molecule has 2 heteroatoms. The van der Waals surface area contributed by atoms with E-state index in [1.807, 2.05) is 0 Å². The Morgan fingerprint density at radius 2 is 1.53 bits per heavy atom. The van der Waals surface area contributed by atoms with Crippen molar-refractivity contribution >= 4 is 15.9 Å². The van der Waals surface area contributed by atoms with Crippen molar-refractivity contribution in [3.63, 3.8) is 0 Å². The molecule has 0 radical (unpaired) electrons. The summed E-state index contributed by atoms with van der Waals surface area (Å²) < 4.78 is 0. The molecule has 0 aromatic carbocycles. The van der Waals surface area contributed by atoms with Gasteiger partial charge in [-0.1, -0.05) is 55.5 Å². The van der Waals surface area contributed by atoms with Crippen LogP contribution in [0.5, 0.6) is 0 Å². The van der Waals surface area contributed by atoms with Gasteiger partial charge in [0.15, 0.2) is 0 Å². The highest BCUT2D eigenvalue weighted by atomic mass is 79.9. The zero-order chi connectivity index (χ0) is 11.1. The monoisotopic (exact) mass is 275 g/mol. The fourth-order valence-corrected chi connectivity index (χ4v) is 3.47. The van der Waals surface area contributed by atoms with Crippen molar-refractivity contribution < 1.29 is 0 Å².